The normalized spacial score (nSPS) is 15.0. The molecule has 3 rings (SSSR count). The Labute approximate surface area is 201 Å². The summed E-state index contributed by atoms with van der Waals surface area (Å²) in [6.45, 7) is 0.704. The first kappa shape index (κ1) is 25.0. The second-order valence-corrected chi connectivity index (χ2v) is 7.49. The molecule has 0 aromatic heterocycles. The fourth-order valence-electron chi connectivity index (χ4n) is 3.28. The summed E-state index contributed by atoms with van der Waals surface area (Å²) in [6.07, 6.45) is 0.863. The summed E-state index contributed by atoms with van der Waals surface area (Å²) in [5.74, 6) is -0.665. The average Bonchev–Trinajstić information content (AvgIpc) is 3.21. The maximum Gasteiger partial charge on any atom is 0.430 e. The lowest BCUT2D eigenvalue weighted by molar-refractivity contribution is -0.144. The quantitative estimate of drug-likeness (QED) is 0.224. The van der Waals surface area contributed by atoms with Crippen LogP contribution in [0.2, 0.25) is 0 Å². The number of hydrogen-bond acceptors (Lipinski definition) is 8. The minimum absolute atomic E-state index is 0.0187. The SMILES string of the molecule is NC(=O)ONN=Cc1ccc(N2CC[C@H](NC(=O)NCCC(=O)OCc3ccccc3)C2=O)cc1. The molecule has 0 radical (unpaired) electrons. The zero-order valence-corrected chi connectivity index (χ0v) is 18.8. The van der Waals surface area contributed by atoms with Crippen LogP contribution in [0.4, 0.5) is 15.3 Å². The van der Waals surface area contributed by atoms with E-state index < -0.39 is 24.1 Å². The van der Waals surface area contributed by atoms with Crippen LogP contribution in [0.25, 0.3) is 0 Å². The van der Waals surface area contributed by atoms with Gasteiger partial charge in [0, 0.05) is 18.8 Å². The number of amides is 4. The predicted octanol–water partition coefficient (Wildman–Crippen LogP) is 1.16. The lowest BCUT2D eigenvalue weighted by Gasteiger charge is -2.17. The van der Waals surface area contributed by atoms with Gasteiger partial charge in [-0.05, 0) is 29.7 Å². The number of rotatable bonds is 10. The molecule has 0 aliphatic carbocycles. The molecule has 12 nitrogen and oxygen atoms in total. The maximum absolute atomic E-state index is 12.7. The van der Waals surface area contributed by atoms with Crippen molar-refractivity contribution in [1.29, 1.82) is 0 Å². The molecular formula is C23H26N6O6. The number of nitrogens with zero attached hydrogens (tertiary/aromatic N) is 2. The number of anilines is 1. The number of hydrogen-bond donors (Lipinski definition) is 4. The fraction of sp³-hybridized carbons (Fsp3) is 0.261. The summed E-state index contributed by atoms with van der Waals surface area (Å²) in [4.78, 5) is 53.0. The molecule has 12 heteroatoms. The molecule has 184 valence electrons. The summed E-state index contributed by atoms with van der Waals surface area (Å²) >= 11 is 0. The van der Waals surface area contributed by atoms with E-state index in [0.717, 1.165) is 5.56 Å². The number of esters is 1. The standard InChI is InChI=1S/C23H26N6O6/c24-22(32)35-28-26-14-16-6-8-18(9-7-16)29-13-11-19(21(29)31)27-23(33)25-12-10-20(30)34-15-17-4-2-1-3-5-17/h1-9,14,19,28H,10-13,15H2,(H2,24,32)(H2,25,27,33)/t19-/m0/s1. The Hall–Kier alpha value is -4.61. The third-order valence-corrected chi connectivity index (χ3v) is 4.99. The smallest absolute Gasteiger partial charge is 0.430 e. The molecule has 1 aliphatic rings. The monoisotopic (exact) mass is 482 g/mol. The van der Waals surface area contributed by atoms with E-state index in [-0.39, 0.29) is 25.5 Å². The number of nitrogens with two attached hydrogens (primary N) is 1. The molecule has 2 aromatic rings. The molecule has 0 spiro atoms. The van der Waals surface area contributed by atoms with Crippen LogP contribution in [0.5, 0.6) is 0 Å². The minimum Gasteiger partial charge on any atom is -0.461 e. The van der Waals surface area contributed by atoms with Crippen molar-refractivity contribution in [3.05, 3.63) is 65.7 Å². The lowest BCUT2D eigenvalue weighted by atomic mass is 10.2. The first-order valence-corrected chi connectivity index (χ1v) is 10.8. The van der Waals surface area contributed by atoms with Gasteiger partial charge in [-0.15, -0.1) is 5.59 Å². The van der Waals surface area contributed by atoms with Gasteiger partial charge in [-0.2, -0.15) is 5.10 Å². The molecule has 1 aliphatic heterocycles. The molecule has 1 saturated heterocycles. The average molecular weight is 482 g/mol. The number of carbonyl (C=O) groups excluding carboxylic acids is 4. The molecule has 0 saturated carbocycles. The van der Waals surface area contributed by atoms with E-state index in [1.54, 1.807) is 29.2 Å². The van der Waals surface area contributed by atoms with Gasteiger partial charge in [0.1, 0.15) is 12.6 Å². The Morgan fingerprint density at radius 2 is 1.86 bits per heavy atom. The maximum atomic E-state index is 12.7. The molecule has 35 heavy (non-hydrogen) atoms. The topological polar surface area (TPSA) is 164 Å². The molecular weight excluding hydrogens is 456 g/mol. The van der Waals surface area contributed by atoms with E-state index in [9.17, 15) is 19.2 Å². The molecule has 1 atom stereocenters. The van der Waals surface area contributed by atoms with Gasteiger partial charge < -0.3 is 30.8 Å². The lowest BCUT2D eigenvalue weighted by Crippen LogP contribution is -2.46. The van der Waals surface area contributed by atoms with Crippen molar-refractivity contribution in [2.45, 2.75) is 25.5 Å². The van der Waals surface area contributed by atoms with Gasteiger partial charge in [0.15, 0.2) is 0 Å². The fourth-order valence-corrected chi connectivity index (χ4v) is 3.28. The highest BCUT2D eigenvalue weighted by atomic mass is 16.7. The van der Waals surface area contributed by atoms with Crippen LogP contribution in [0, 0.1) is 0 Å². The minimum atomic E-state index is -1.01. The van der Waals surface area contributed by atoms with E-state index in [4.69, 9.17) is 10.5 Å². The van der Waals surface area contributed by atoms with Crippen molar-refractivity contribution in [3.63, 3.8) is 0 Å². The molecule has 1 heterocycles. The van der Waals surface area contributed by atoms with Crippen LogP contribution in [-0.2, 0) is 25.8 Å². The van der Waals surface area contributed by atoms with E-state index in [0.29, 0.717) is 24.2 Å². The van der Waals surface area contributed by atoms with Crippen LogP contribution in [-0.4, -0.2) is 49.3 Å². The van der Waals surface area contributed by atoms with Crippen molar-refractivity contribution in [1.82, 2.24) is 16.2 Å². The van der Waals surface area contributed by atoms with E-state index in [1.165, 1.54) is 6.21 Å². The highest BCUT2D eigenvalue weighted by Gasteiger charge is 2.33. The number of hydrazone groups is 1. The number of primary amides is 1. The summed E-state index contributed by atoms with van der Waals surface area (Å²) in [5.41, 5.74) is 9.06. The third-order valence-electron chi connectivity index (χ3n) is 4.99. The Balaban J connectivity index is 1.38. The van der Waals surface area contributed by atoms with Crippen molar-refractivity contribution < 1.29 is 28.8 Å². The van der Waals surface area contributed by atoms with Crippen molar-refractivity contribution in [3.8, 4) is 0 Å². The van der Waals surface area contributed by atoms with E-state index >= 15 is 0 Å². The van der Waals surface area contributed by atoms with Gasteiger partial charge in [-0.3, -0.25) is 9.59 Å². The Morgan fingerprint density at radius 1 is 1.11 bits per heavy atom. The molecule has 4 amide bonds. The van der Waals surface area contributed by atoms with Crippen LogP contribution in [0.3, 0.4) is 0 Å². The van der Waals surface area contributed by atoms with E-state index in [2.05, 4.69) is 20.6 Å². The van der Waals surface area contributed by atoms with Crippen LogP contribution < -0.4 is 26.9 Å². The summed E-state index contributed by atoms with van der Waals surface area (Å²) in [6, 6.07) is 15.0. The molecule has 0 bridgehead atoms. The molecule has 5 N–H and O–H groups in total. The molecule has 1 fully saturated rings. The number of nitrogens with one attached hydrogen (secondary N) is 3. The Morgan fingerprint density at radius 3 is 2.57 bits per heavy atom. The largest absolute Gasteiger partial charge is 0.461 e. The second-order valence-electron chi connectivity index (χ2n) is 7.49. The summed E-state index contributed by atoms with van der Waals surface area (Å²) in [7, 11) is 0. The van der Waals surface area contributed by atoms with Gasteiger partial charge in [-0.1, -0.05) is 42.5 Å². The van der Waals surface area contributed by atoms with Gasteiger partial charge in [-0.25, -0.2) is 9.59 Å². The Bertz CT molecular complexity index is 1060. The number of urea groups is 1. The van der Waals surface area contributed by atoms with Crippen LogP contribution in [0.15, 0.2) is 59.7 Å². The second kappa shape index (κ2) is 12.6. The highest BCUT2D eigenvalue weighted by Crippen LogP contribution is 2.21. The van der Waals surface area contributed by atoms with Gasteiger partial charge in [0.25, 0.3) is 0 Å². The van der Waals surface area contributed by atoms with Gasteiger partial charge >= 0.3 is 18.1 Å². The van der Waals surface area contributed by atoms with Crippen molar-refractivity contribution in [2.75, 3.05) is 18.0 Å². The van der Waals surface area contributed by atoms with Crippen molar-refractivity contribution >= 4 is 35.9 Å². The Kier molecular flexibility index (Phi) is 8.99. The number of benzene rings is 2. The highest BCUT2D eigenvalue weighted by molar-refractivity contribution is 6.01. The predicted molar refractivity (Wildman–Crippen MR) is 126 cm³/mol. The molecule has 2 aromatic carbocycles. The van der Waals surface area contributed by atoms with Crippen molar-refractivity contribution in [2.24, 2.45) is 10.8 Å². The number of ether oxygens (including phenoxy) is 1. The van der Waals surface area contributed by atoms with Gasteiger partial charge in [0.05, 0.1) is 12.6 Å². The van der Waals surface area contributed by atoms with Gasteiger partial charge in [0.2, 0.25) is 5.91 Å². The number of carbonyl (C=O) groups is 4. The summed E-state index contributed by atoms with van der Waals surface area (Å²) < 4.78 is 5.16. The molecule has 0 unspecified atom stereocenters. The first-order chi connectivity index (χ1) is 16.9. The van der Waals surface area contributed by atoms with Crippen LogP contribution >= 0.6 is 0 Å². The van der Waals surface area contributed by atoms with Crippen LogP contribution in [0.1, 0.15) is 24.0 Å². The summed E-state index contributed by atoms with van der Waals surface area (Å²) in [5, 5.41) is 8.88. The zero-order chi connectivity index (χ0) is 25.0. The van der Waals surface area contributed by atoms with E-state index in [1.807, 2.05) is 35.9 Å². The third kappa shape index (κ3) is 8.03. The zero-order valence-electron chi connectivity index (χ0n) is 18.8. The first-order valence-electron chi connectivity index (χ1n) is 10.8.